The lowest BCUT2D eigenvalue weighted by Gasteiger charge is -2.12. The molecule has 1 amide bonds. The van der Waals surface area contributed by atoms with Gasteiger partial charge in [-0.05, 0) is 39.7 Å². The highest BCUT2D eigenvalue weighted by atomic mass is 79.9. The molecule has 0 saturated carbocycles. The molecule has 4 nitrogen and oxygen atoms in total. The van der Waals surface area contributed by atoms with Crippen LogP contribution in [0.5, 0.6) is 0 Å². The van der Waals surface area contributed by atoms with E-state index in [2.05, 4.69) is 21.2 Å². The first kappa shape index (κ1) is 14.0. The number of carbonyl (C=O) groups is 1. The fourth-order valence-corrected chi connectivity index (χ4v) is 2.69. The van der Waals surface area contributed by atoms with E-state index >= 15 is 0 Å². The number of hydrogen-bond donors (Lipinski definition) is 3. The first-order valence-corrected chi connectivity index (χ1v) is 7.29. The second-order valence-corrected chi connectivity index (χ2v) is 6.32. The van der Waals surface area contributed by atoms with Gasteiger partial charge in [0.2, 0.25) is 0 Å². The Kier molecular flexibility index (Phi) is 4.57. The van der Waals surface area contributed by atoms with Crippen molar-refractivity contribution < 1.29 is 9.90 Å². The van der Waals surface area contributed by atoms with Crippen molar-refractivity contribution in [1.82, 2.24) is 5.32 Å². The summed E-state index contributed by atoms with van der Waals surface area (Å²) < 4.78 is 0.900. The van der Waals surface area contributed by atoms with Gasteiger partial charge in [-0.2, -0.15) is 0 Å². The van der Waals surface area contributed by atoms with E-state index in [0.717, 1.165) is 9.35 Å². The summed E-state index contributed by atoms with van der Waals surface area (Å²) in [5.41, 5.74) is 7.52. The van der Waals surface area contributed by atoms with Crippen LogP contribution in [0.15, 0.2) is 39.5 Å². The van der Waals surface area contributed by atoms with Crippen LogP contribution in [0.4, 0.5) is 5.69 Å². The van der Waals surface area contributed by atoms with Crippen LogP contribution in [-0.4, -0.2) is 17.6 Å². The van der Waals surface area contributed by atoms with E-state index in [-0.39, 0.29) is 12.5 Å². The number of benzene rings is 1. The van der Waals surface area contributed by atoms with Gasteiger partial charge in [-0.1, -0.05) is 12.1 Å². The largest absolute Gasteiger partial charge is 0.399 e. The lowest BCUT2D eigenvalue weighted by atomic mass is 10.1. The number of carbonyl (C=O) groups excluding carboxylic acids is 1. The van der Waals surface area contributed by atoms with Crippen molar-refractivity contribution in [2.24, 2.45) is 0 Å². The van der Waals surface area contributed by atoms with E-state index in [1.54, 1.807) is 35.7 Å². The van der Waals surface area contributed by atoms with Crippen molar-refractivity contribution in [2.75, 3.05) is 12.3 Å². The van der Waals surface area contributed by atoms with Crippen molar-refractivity contribution >= 4 is 38.9 Å². The number of aliphatic hydroxyl groups excluding tert-OH is 1. The second-order valence-electron chi connectivity index (χ2n) is 4.03. The van der Waals surface area contributed by atoms with Crippen LogP contribution in [0.25, 0.3) is 0 Å². The third kappa shape index (κ3) is 3.79. The highest BCUT2D eigenvalue weighted by Crippen LogP contribution is 2.20. The highest BCUT2D eigenvalue weighted by Gasteiger charge is 2.11. The van der Waals surface area contributed by atoms with Crippen LogP contribution in [0.1, 0.15) is 22.0 Å². The highest BCUT2D eigenvalue weighted by molar-refractivity contribution is 9.11. The van der Waals surface area contributed by atoms with Crippen molar-refractivity contribution in [1.29, 1.82) is 0 Å². The molecular weight excluding hydrogens is 328 g/mol. The van der Waals surface area contributed by atoms with Crippen molar-refractivity contribution in [2.45, 2.75) is 6.10 Å². The molecule has 4 N–H and O–H groups in total. The van der Waals surface area contributed by atoms with E-state index in [4.69, 9.17) is 5.73 Å². The second kappa shape index (κ2) is 6.18. The number of hydrogen-bond acceptors (Lipinski definition) is 4. The molecule has 0 aliphatic carbocycles. The summed E-state index contributed by atoms with van der Waals surface area (Å²) in [5.74, 6) is -0.198. The number of amides is 1. The number of nitrogens with two attached hydrogens (primary N) is 1. The minimum absolute atomic E-state index is 0.163. The zero-order chi connectivity index (χ0) is 13.8. The molecule has 0 saturated heterocycles. The molecule has 1 aromatic heterocycles. The lowest BCUT2D eigenvalue weighted by molar-refractivity contribution is 0.0916. The minimum Gasteiger partial charge on any atom is -0.399 e. The van der Waals surface area contributed by atoms with Crippen LogP contribution >= 0.6 is 27.3 Å². The Hall–Kier alpha value is -1.37. The van der Waals surface area contributed by atoms with Crippen molar-refractivity contribution in [3.63, 3.8) is 0 Å². The van der Waals surface area contributed by atoms with E-state index in [1.807, 2.05) is 0 Å². The van der Waals surface area contributed by atoms with Gasteiger partial charge in [0.05, 0.1) is 15.5 Å². The Labute approximate surface area is 123 Å². The van der Waals surface area contributed by atoms with Gasteiger partial charge in [-0.25, -0.2) is 0 Å². The molecule has 100 valence electrons. The van der Waals surface area contributed by atoms with Gasteiger partial charge in [0.1, 0.15) is 0 Å². The van der Waals surface area contributed by atoms with Gasteiger partial charge >= 0.3 is 0 Å². The van der Waals surface area contributed by atoms with Crippen LogP contribution in [0.3, 0.4) is 0 Å². The first-order chi connectivity index (χ1) is 9.06. The smallest absolute Gasteiger partial charge is 0.252 e. The molecule has 19 heavy (non-hydrogen) atoms. The number of nitrogens with one attached hydrogen (secondary N) is 1. The summed E-state index contributed by atoms with van der Waals surface area (Å²) in [6, 6.07) is 8.67. The quantitative estimate of drug-likeness (QED) is 0.748. The summed E-state index contributed by atoms with van der Waals surface area (Å²) in [6.45, 7) is 0.163. The minimum atomic E-state index is -0.744. The van der Waals surface area contributed by atoms with Gasteiger partial charge in [-0.3, -0.25) is 4.79 Å². The number of anilines is 1. The molecule has 2 aromatic rings. The molecule has 6 heteroatoms. The monoisotopic (exact) mass is 340 g/mol. The predicted molar refractivity (Wildman–Crippen MR) is 80.2 cm³/mol. The van der Waals surface area contributed by atoms with Gasteiger partial charge in [0.15, 0.2) is 0 Å². The molecule has 1 unspecified atom stereocenters. The maximum atomic E-state index is 11.8. The van der Waals surface area contributed by atoms with Gasteiger partial charge in [0, 0.05) is 17.6 Å². The van der Waals surface area contributed by atoms with Gasteiger partial charge in [0.25, 0.3) is 5.91 Å². The molecule has 0 bridgehead atoms. The molecule has 2 rings (SSSR count). The standard InChI is InChI=1S/C13H13BrN2O2S/c14-12-5-9(7-19-12)13(18)16-6-11(17)8-1-3-10(15)4-2-8/h1-5,7,11,17H,6,15H2,(H,16,18). The molecule has 0 radical (unpaired) electrons. The molecule has 0 aliphatic rings. The SMILES string of the molecule is Nc1ccc(C(O)CNC(=O)c2csc(Br)c2)cc1. The molecule has 0 aliphatic heterocycles. The number of rotatable bonds is 4. The number of halogens is 1. The predicted octanol–water partition coefficient (Wildman–Crippen LogP) is 2.56. The van der Waals surface area contributed by atoms with Crippen LogP contribution in [-0.2, 0) is 0 Å². The number of nitrogen functional groups attached to an aromatic ring is 1. The summed E-state index contributed by atoms with van der Waals surface area (Å²) in [7, 11) is 0. The Balaban J connectivity index is 1.91. The Bertz CT molecular complexity index is 568. The third-order valence-electron chi connectivity index (χ3n) is 2.61. The zero-order valence-corrected chi connectivity index (χ0v) is 12.4. The molecule has 1 aromatic carbocycles. The Morgan fingerprint density at radius 1 is 1.42 bits per heavy atom. The topological polar surface area (TPSA) is 75.3 Å². The molecule has 0 fully saturated rings. The third-order valence-corrected chi connectivity index (χ3v) is 4.11. The molecule has 1 heterocycles. The lowest BCUT2D eigenvalue weighted by Crippen LogP contribution is -2.28. The van der Waals surface area contributed by atoms with Gasteiger partial charge < -0.3 is 16.2 Å². The summed E-state index contributed by atoms with van der Waals surface area (Å²) in [4.78, 5) is 11.8. The first-order valence-electron chi connectivity index (χ1n) is 5.62. The van der Waals surface area contributed by atoms with E-state index < -0.39 is 6.10 Å². The maximum Gasteiger partial charge on any atom is 0.252 e. The fourth-order valence-electron chi connectivity index (χ4n) is 1.56. The van der Waals surface area contributed by atoms with E-state index in [0.29, 0.717) is 11.3 Å². The summed E-state index contributed by atoms with van der Waals surface area (Å²) in [5, 5.41) is 14.4. The normalized spacial score (nSPS) is 12.1. The zero-order valence-electron chi connectivity index (χ0n) is 9.97. The molecule has 0 spiro atoms. The van der Waals surface area contributed by atoms with E-state index in [9.17, 15) is 9.90 Å². The molecular formula is C13H13BrN2O2S. The Morgan fingerprint density at radius 3 is 2.68 bits per heavy atom. The number of thiophene rings is 1. The fraction of sp³-hybridized carbons (Fsp3) is 0.154. The van der Waals surface area contributed by atoms with Crippen LogP contribution in [0, 0.1) is 0 Å². The van der Waals surface area contributed by atoms with Gasteiger partial charge in [-0.15, -0.1) is 11.3 Å². The summed E-state index contributed by atoms with van der Waals surface area (Å²) in [6.07, 6.45) is -0.744. The average molecular weight is 341 g/mol. The van der Waals surface area contributed by atoms with Crippen LogP contribution in [0.2, 0.25) is 0 Å². The molecule has 1 atom stereocenters. The van der Waals surface area contributed by atoms with Crippen molar-refractivity contribution in [3.8, 4) is 0 Å². The van der Waals surface area contributed by atoms with E-state index in [1.165, 1.54) is 11.3 Å². The number of aliphatic hydroxyl groups is 1. The van der Waals surface area contributed by atoms with Crippen molar-refractivity contribution in [3.05, 3.63) is 50.6 Å². The average Bonchev–Trinajstić information content (AvgIpc) is 2.83. The Morgan fingerprint density at radius 2 is 2.11 bits per heavy atom. The maximum absolute atomic E-state index is 11.8. The van der Waals surface area contributed by atoms with Crippen LogP contribution < -0.4 is 11.1 Å². The summed E-state index contributed by atoms with van der Waals surface area (Å²) >= 11 is 4.75.